The average molecular weight is 532 g/mol. The Morgan fingerprint density at radius 3 is 1.97 bits per heavy atom. The van der Waals surface area contributed by atoms with Crippen LogP contribution in [0.15, 0.2) is 64.4 Å². The van der Waals surface area contributed by atoms with Gasteiger partial charge in [0, 0.05) is 22.3 Å². The fraction of sp³-hybridized carbons (Fsp3) is 0. The zero-order valence-electron chi connectivity index (χ0n) is 17.9. The van der Waals surface area contributed by atoms with Gasteiger partial charge in [0.05, 0.1) is 4.90 Å². The van der Waals surface area contributed by atoms with E-state index in [0.717, 1.165) is 6.07 Å². The SMILES string of the molecule is Nc1nc(N)nc(Nc2ccc(C(=O)Nc3ccc4cc(S(=O)(=O)O)cc(S(=O)(=O)O)c4c3)cc2)n1. The highest BCUT2D eigenvalue weighted by molar-refractivity contribution is 7.86. The van der Waals surface area contributed by atoms with Crippen LogP contribution >= 0.6 is 0 Å². The van der Waals surface area contributed by atoms with Crippen molar-refractivity contribution in [1.29, 1.82) is 0 Å². The highest BCUT2D eigenvalue weighted by Gasteiger charge is 2.21. The molecule has 16 heteroatoms. The van der Waals surface area contributed by atoms with Crippen molar-refractivity contribution in [2.45, 2.75) is 9.79 Å². The van der Waals surface area contributed by atoms with Gasteiger partial charge in [-0.2, -0.15) is 31.8 Å². The lowest BCUT2D eigenvalue weighted by Crippen LogP contribution is -2.12. The van der Waals surface area contributed by atoms with Crippen LogP contribution in [-0.4, -0.2) is 46.8 Å². The van der Waals surface area contributed by atoms with Gasteiger partial charge in [-0.1, -0.05) is 6.07 Å². The van der Waals surface area contributed by atoms with Crippen molar-refractivity contribution < 1.29 is 30.7 Å². The van der Waals surface area contributed by atoms with E-state index in [9.17, 15) is 30.7 Å². The van der Waals surface area contributed by atoms with E-state index in [4.69, 9.17) is 11.5 Å². The van der Waals surface area contributed by atoms with Gasteiger partial charge in [0.25, 0.3) is 26.1 Å². The number of nitrogens with zero attached hydrogens (tertiary/aromatic N) is 3. The third-order valence-electron chi connectivity index (χ3n) is 4.80. The van der Waals surface area contributed by atoms with Crippen molar-refractivity contribution in [3.63, 3.8) is 0 Å². The fourth-order valence-electron chi connectivity index (χ4n) is 3.24. The number of rotatable bonds is 6. The molecule has 8 N–H and O–H groups in total. The number of hydrogen-bond donors (Lipinski definition) is 6. The lowest BCUT2D eigenvalue weighted by atomic mass is 10.1. The van der Waals surface area contributed by atoms with Crippen LogP contribution in [0.2, 0.25) is 0 Å². The van der Waals surface area contributed by atoms with Gasteiger partial charge in [-0.15, -0.1) is 0 Å². The molecular weight excluding hydrogens is 514 g/mol. The Morgan fingerprint density at radius 1 is 0.778 bits per heavy atom. The molecule has 0 aliphatic heterocycles. The van der Waals surface area contributed by atoms with Gasteiger partial charge >= 0.3 is 0 Å². The zero-order valence-corrected chi connectivity index (χ0v) is 19.6. The Hall–Kier alpha value is -4.38. The number of aromatic nitrogens is 3. The van der Waals surface area contributed by atoms with Crippen molar-refractivity contribution in [3.8, 4) is 0 Å². The second-order valence-electron chi connectivity index (χ2n) is 7.34. The number of carbonyl (C=O) groups excluding carboxylic acids is 1. The van der Waals surface area contributed by atoms with Crippen LogP contribution in [0.4, 0.5) is 29.2 Å². The van der Waals surface area contributed by atoms with Gasteiger partial charge in [0.15, 0.2) is 0 Å². The summed E-state index contributed by atoms with van der Waals surface area (Å²) in [4.78, 5) is 22.7. The van der Waals surface area contributed by atoms with Crippen molar-refractivity contribution in [1.82, 2.24) is 15.0 Å². The molecule has 4 aromatic rings. The van der Waals surface area contributed by atoms with E-state index in [1.54, 1.807) is 12.1 Å². The smallest absolute Gasteiger partial charge is 0.295 e. The topological polar surface area (TPSA) is 241 Å². The quantitative estimate of drug-likeness (QED) is 0.194. The van der Waals surface area contributed by atoms with Crippen LogP contribution in [0.1, 0.15) is 10.4 Å². The summed E-state index contributed by atoms with van der Waals surface area (Å²) < 4.78 is 65.5. The minimum absolute atomic E-state index is 0.0669. The summed E-state index contributed by atoms with van der Waals surface area (Å²) in [6, 6.07) is 11.7. The number of nitrogen functional groups attached to an aromatic ring is 2. The highest BCUT2D eigenvalue weighted by atomic mass is 32.2. The van der Waals surface area contributed by atoms with Crippen LogP contribution in [0, 0.1) is 0 Å². The molecule has 36 heavy (non-hydrogen) atoms. The number of fused-ring (bicyclic) bond motifs is 1. The van der Waals surface area contributed by atoms with Crippen molar-refractivity contribution in [3.05, 3.63) is 60.2 Å². The Morgan fingerprint density at radius 2 is 1.39 bits per heavy atom. The number of anilines is 5. The first-order chi connectivity index (χ1) is 16.8. The molecule has 1 heterocycles. The number of carbonyl (C=O) groups is 1. The van der Waals surface area contributed by atoms with E-state index in [1.807, 2.05) is 0 Å². The van der Waals surface area contributed by atoms with Crippen molar-refractivity contribution >= 4 is 66.1 Å². The molecular formula is C20H17N7O7S2. The van der Waals surface area contributed by atoms with Gasteiger partial charge in [0.1, 0.15) is 4.90 Å². The van der Waals surface area contributed by atoms with Crippen LogP contribution < -0.4 is 22.1 Å². The Bertz CT molecular complexity index is 1710. The maximum absolute atomic E-state index is 12.7. The predicted molar refractivity (Wildman–Crippen MR) is 130 cm³/mol. The van der Waals surface area contributed by atoms with E-state index in [-0.39, 0.29) is 39.9 Å². The zero-order chi connectivity index (χ0) is 26.3. The molecule has 1 aromatic heterocycles. The number of amides is 1. The summed E-state index contributed by atoms with van der Waals surface area (Å²) in [5.74, 6) is -0.567. The lowest BCUT2D eigenvalue weighted by Gasteiger charge is -2.11. The Balaban J connectivity index is 1.59. The van der Waals surface area contributed by atoms with Crippen LogP contribution in [0.25, 0.3) is 10.8 Å². The monoisotopic (exact) mass is 531 g/mol. The van der Waals surface area contributed by atoms with Gasteiger partial charge < -0.3 is 22.1 Å². The van der Waals surface area contributed by atoms with Crippen molar-refractivity contribution in [2.24, 2.45) is 0 Å². The summed E-state index contributed by atoms with van der Waals surface area (Å²) in [5.41, 5.74) is 12.0. The summed E-state index contributed by atoms with van der Waals surface area (Å²) in [6.45, 7) is 0. The third kappa shape index (κ3) is 5.47. The minimum atomic E-state index is -4.87. The first-order valence-electron chi connectivity index (χ1n) is 9.78. The highest BCUT2D eigenvalue weighted by Crippen LogP contribution is 2.30. The van der Waals surface area contributed by atoms with E-state index in [0.29, 0.717) is 11.8 Å². The number of nitrogens with one attached hydrogen (secondary N) is 2. The summed E-state index contributed by atoms with van der Waals surface area (Å²) in [5, 5.41) is 5.47. The lowest BCUT2D eigenvalue weighted by molar-refractivity contribution is 0.102. The number of hydrogen-bond acceptors (Lipinski definition) is 11. The molecule has 0 unspecified atom stereocenters. The summed E-state index contributed by atoms with van der Waals surface area (Å²) in [7, 11) is -9.61. The van der Waals surface area contributed by atoms with Crippen molar-refractivity contribution in [2.75, 3.05) is 22.1 Å². The Labute approximate surface area is 203 Å². The van der Waals surface area contributed by atoms with Gasteiger partial charge in [0.2, 0.25) is 17.8 Å². The molecule has 0 atom stereocenters. The first-order valence-corrected chi connectivity index (χ1v) is 12.7. The molecule has 0 fully saturated rings. The van der Waals surface area contributed by atoms with Gasteiger partial charge in [-0.05, 0) is 53.9 Å². The van der Waals surface area contributed by atoms with Crippen LogP contribution in [-0.2, 0) is 20.2 Å². The van der Waals surface area contributed by atoms with Gasteiger partial charge in [-0.3, -0.25) is 13.9 Å². The van der Waals surface area contributed by atoms with Crippen LogP contribution in [0.3, 0.4) is 0 Å². The third-order valence-corrected chi connectivity index (χ3v) is 6.52. The molecule has 0 saturated heterocycles. The largest absolute Gasteiger partial charge is 0.368 e. The number of benzene rings is 3. The van der Waals surface area contributed by atoms with E-state index < -0.39 is 35.9 Å². The molecule has 3 aromatic carbocycles. The number of nitrogens with two attached hydrogens (primary N) is 2. The van der Waals surface area contributed by atoms with E-state index >= 15 is 0 Å². The van der Waals surface area contributed by atoms with Gasteiger partial charge in [-0.25, -0.2) is 0 Å². The molecule has 4 rings (SSSR count). The molecule has 0 bridgehead atoms. The average Bonchev–Trinajstić information content (AvgIpc) is 2.76. The molecule has 1 amide bonds. The summed E-state index contributed by atoms with van der Waals surface area (Å²) in [6.07, 6.45) is 0. The van der Waals surface area contributed by atoms with Crippen LogP contribution in [0.5, 0.6) is 0 Å². The maximum atomic E-state index is 12.7. The van der Waals surface area contributed by atoms with E-state index in [1.165, 1.54) is 30.3 Å². The van der Waals surface area contributed by atoms with E-state index in [2.05, 4.69) is 25.6 Å². The summed E-state index contributed by atoms with van der Waals surface area (Å²) >= 11 is 0. The molecule has 0 saturated carbocycles. The molecule has 0 aliphatic carbocycles. The molecule has 186 valence electrons. The molecule has 0 aliphatic rings. The molecule has 14 nitrogen and oxygen atoms in total. The Kier molecular flexibility index (Phi) is 6.19. The maximum Gasteiger partial charge on any atom is 0.295 e. The normalized spacial score (nSPS) is 11.8. The fourth-order valence-corrected chi connectivity index (χ4v) is 4.59. The molecule has 0 radical (unpaired) electrons. The minimum Gasteiger partial charge on any atom is -0.368 e. The second-order valence-corrected chi connectivity index (χ2v) is 10.2. The first kappa shape index (κ1) is 24.7. The second kappa shape index (κ2) is 9.00. The predicted octanol–water partition coefficient (Wildman–Crippen LogP) is 1.68. The molecule has 0 spiro atoms. The standard InChI is InChI=1S/C20H17N7O7S2/c21-18-25-19(22)27-20(26-18)24-12-4-1-10(2-5-12)17(28)23-13-6-3-11-7-14(35(29,30)31)9-16(15(11)8-13)36(32,33)34/h1-9H,(H,23,28)(H,29,30,31)(H,32,33,34)(H5,21,22,24,25,26,27).